The molecule has 1 aromatic rings. The highest BCUT2D eigenvalue weighted by Gasteiger charge is 2.50. The molecule has 27 heavy (non-hydrogen) atoms. The first kappa shape index (κ1) is 19.3. The number of halogens is 1. The van der Waals surface area contributed by atoms with E-state index in [1.165, 1.54) is 12.1 Å². The standard InChI is InChI=1S/C17H22FNO6S2/c18-13-1-3-14(4-2-13)27(22,23)16-12-26(20,21)11-15(16)19-7-5-17(6-8-19)24-9-10-25-17/h1-4,15-16H,5-12H2/t15-,16-/m0/s1. The predicted molar refractivity (Wildman–Crippen MR) is 95.3 cm³/mol. The van der Waals surface area contributed by atoms with Crippen LogP contribution < -0.4 is 0 Å². The van der Waals surface area contributed by atoms with E-state index in [4.69, 9.17) is 9.47 Å². The maximum absolute atomic E-state index is 13.2. The highest BCUT2D eigenvalue weighted by molar-refractivity contribution is 7.96. The van der Waals surface area contributed by atoms with E-state index >= 15 is 0 Å². The van der Waals surface area contributed by atoms with E-state index in [0.717, 1.165) is 12.1 Å². The van der Waals surface area contributed by atoms with Crippen LogP contribution in [-0.2, 0) is 29.1 Å². The van der Waals surface area contributed by atoms with Crippen LogP contribution in [0.1, 0.15) is 12.8 Å². The summed E-state index contributed by atoms with van der Waals surface area (Å²) in [7, 11) is -7.38. The molecule has 10 heteroatoms. The van der Waals surface area contributed by atoms with E-state index in [2.05, 4.69) is 0 Å². The lowest BCUT2D eigenvalue weighted by Gasteiger charge is -2.41. The van der Waals surface area contributed by atoms with Gasteiger partial charge in [0.1, 0.15) is 5.82 Å². The molecule has 0 aromatic heterocycles. The Hall–Kier alpha value is -1.07. The first-order chi connectivity index (χ1) is 12.7. The smallest absolute Gasteiger partial charge is 0.183 e. The van der Waals surface area contributed by atoms with Crippen LogP contribution in [0, 0.1) is 5.82 Å². The molecule has 4 rings (SSSR count). The minimum atomic E-state index is -3.90. The van der Waals surface area contributed by atoms with Crippen LogP contribution >= 0.6 is 0 Å². The van der Waals surface area contributed by atoms with Gasteiger partial charge in [0, 0.05) is 32.0 Å². The summed E-state index contributed by atoms with van der Waals surface area (Å²) in [5, 5.41) is -1.06. The summed E-state index contributed by atoms with van der Waals surface area (Å²) in [6.07, 6.45) is 1.15. The fourth-order valence-electron chi connectivity index (χ4n) is 4.21. The highest BCUT2D eigenvalue weighted by Crippen LogP contribution is 2.35. The molecule has 1 aromatic carbocycles. The topological polar surface area (TPSA) is 90.0 Å². The van der Waals surface area contributed by atoms with Crippen molar-refractivity contribution >= 4 is 19.7 Å². The van der Waals surface area contributed by atoms with Crippen molar-refractivity contribution in [3.8, 4) is 0 Å². The lowest BCUT2D eigenvalue weighted by molar-refractivity contribution is -0.187. The molecule has 0 aliphatic carbocycles. The Bertz CT molecular complexity index is 899. The molecule has 7 nitrogen and oxygen atoms in total. The zero-order chi connectivity index (χ0) is 19.3. The van der Waals surface area contributed by atoms with Gasteiger partial charge in [0.15, 0.2) is 25.5 Å². The molecule has 0 radical (unpaired) electrons. The minimum Gasteiger partial charge on any atom is -0.347 e. The molecule has 1 spiro atoms. The van der Waals surface area contributed by atoms with Gasteiger partial charge >= 0.3 is 0 Å². The molecule has 3 aliphatic rings. The lowest BCUT2D eigenvalue weighted by Crippen LogP contribution is -2.53. The van der Waals surface area contributed by atoms with Crippen LogP contribution in [0.2, 0.25) is 0 Å². The van der Waals surface area contributed by atoms with Crippen molar-refractivity contribution in [1.82, 2.24) is 4.90 Å². The Kier molecular flexibility index (Phi) is 4.83. The zero-order valence-electron chi connectivity index (χ0n) is 14.7. The van der Waals surface area contributed by atoms with E-state index in [1.54, 1.807) is 0 Å². The number of piperidine rings is 1. The van der Waals surface area contributed by atoms with Crippen LogP contribution in [-0.4, -0.2) is 76.6 Å². The van der Waals surface area contributed by atoms with Gasteiger partial charge in [-0.25, -0.2) is 21.2 Å². The Balaban J connectivity index is 1.58. The van der Waals surface area contributed by atoms with Crippen LogP contribution in [0.5, 0.6) is 0 Å². The zero-order valence-corrected chi connectivity index (χ0v) is 16.3. The van der Waals surface area contributed by atoms with Crippen molar-refractivity contribution in [2.75, 3.05) is 37.8 Å². The Morgan fingerprint density at radius 2 is 1.63 bits per heavy atom. The molecular weight excluding hydrogens is 397 g/mol. The fourth-order valence-corrected chi connectivity index (χ4v) is 9.04. The molecule has 3 aliphatic heterocycles. The first-order valence-corrected chi connectivity index (χ1v) is 12.3. The van der Waals surface area contributed by atoms with Crippen molar-refractivity contribution in [1.29, 1.82) is 0 Å². The molecule has 0 N–H and O–H groups in total. The van der Waals surface area contributed by atoms with Gasteiger partial charge in [0.2, 0.25) is 0 Å². The third-order valence-corrected chi connectivity index (χ3v) is 9.79. The number of hydrogen-bond acceptors (Lipinski definition) is 7. The number of benzene rings is 1. The lowest BCUT2D eigenvalue weighted by atomic mass is 10.0. The molecule has 0 amide bonds. The summed E-state index contributed by atoms with van der Waals surface area (Å²) in [4.78, 5) is 1.87. The van der Waals surface area contributed by atoms with Gasteiger partial charge in [-0.15, -0.1) is 0 Å². The SMILES string of the molecule is O=S1(=O)C[C@H](N2CCC3(CC2)OCCO3)[C@@H](S(=O)(=O)c2ccc(F)cc2)C1. The second-order valence-corrected chi connectivity index (χ2v) is 11.6. The van der Waals surface area contributed by atoms with E-state index < -0.39 is 48.3 Å². The molecule has 0 bridgehead atoms. The van der Waals surface area contributed by atoms with Crippen LogP contribution in [0.4, 0.5) is 4.39 Å². The predicted octanol–water partition coefficient (Wildman–Crippen LogP) is 0.604. The molecule has 150 valence electrons. The largest absolute Gasteiger partial charge is 0.347 e. The highest BCUT2D eigenvalue weighted by atomic mass is 32.2. The number of hydrogen-bond donors (Lipinski definition) is 0. The Morgan fingerprint density at radius 3 is 2.22 bits per heavy atom. The van der Waals surface area contributed by atoms with Crippen molar-refractivity contribution < 1.29 is 30.7 Å². The number of sulfone groups is 2. The molecule has 3 saturated heterocycles. The molecule has 0 saturated carbocycles. The van der Waals surface area contributed by atoms with Gasteiger partial charge in [0.05, 0.1) is 34.9 Å². The molecule has 2 atom stereocenters. The minimum absolute atomic E-state index is 0.0491. The maximum atomic E-state index is 13.2. The van der Waals surface area contributed by atoms with Gasteiger partial charge in [-0.05, 0) is 24.3 Å². The second kappa shape index (κ2) is 6.77. The third kappa shape index (κ3) is 3.65. The van der Waals surface area contributed by atoms with Crippen LogP contribution in [0.25, 0.3) is 0 Å². The first-order valence-electron chi connectivity index (χ1n) is 8.93. The quantitative estimate of drug-likeness (QED) is 0.663. The van der Waals surface area contributed by atoms with E-state index in [1.807, 2.05) is 4.90 Å². The average molecular weight is 419 g/mol. The number of likely N-dealkylation sites (tertiary alicyclic amines) is 1. The van der Waals surface area contributed by atoms with E-state index in [0.29, 0.717) is 39.1 Å². The Labute approximate surface area is 158 Å². The summed E-state index contributed by atoms with van der Waals surface area (Å²) < 4.78 is 75.2. The second-order valence-electron chi connectivity index (χ2n) is 7.33. The maximum Gasteiger partial charge on any atom is 0.183 e. The van der Waals surface area contributed by atoms with E-state index in [-0.39, 0.29) is 10.6 Å². The molecule has 0 unspecified atom stereocenters. The summed E-state index contributed by atoms with van der Waals surface area (Å²) in [5.41, 5.74) is 0. The summed E-state index contributed by atoms with van der Waals surface area (Å²) in [5.74, 6) is -1.75. The van der Waals surface area contributed by atoms with Gasteiger partial charge in [0.25, 0.3) is 0 Å². The van der Waals surface area contributed by atoms with Crippen molar-refractivity contribution in [2.45, 2.75) is 34.8 Å². The number of nitrogens with zero attached hydrogens (tertiary/aromatic N) is 1. The van der Waals surface area contributed by atoms with Crippen LogP contribution in [0.3, 0.4) is 0 Å². The molecule has 3 fully saturated rings. The van der Waals surface area contributed by atoms with Gasteiger partial charge in [-0.3, -0.25) is 4.90 Å². The third-order valence-electron chi connectivity index (χ3n) is 5.66. The number of rotatable bonds is 3. The van der Waals surface area contributed by atoms with Crippen LogP contribution in [0.15, 0.2) is 29.2 Å². The monoisotopic (exact) mass is 419 g/mol. The summed E-state index contributed by atoms with van der Waals surface area (Å²) in [6.45, 7) is 2.10. The number of ether oxygens (including phenoxy) is 2. The average Bonchev–Trinajstić information content (AvgIpc) is 3.20. The van der Waals surface area contributed by atoms with Gasteiger partial charge in [-0.2, -0.15) is 0 Å². The fraction of sp³-hybridized carbons (Fsp3) is 0.647. The molecule has 3 heterocycles. The van der Waals surface area contributed by atoms with Crippen molar-refractivity contribution in [2.24, 2.45) is 0 Å². The van der Waals surface area contributed by atoms with E-state index in [9.17, 15) is 21.2 Å². The molecular formula is C17H22FNO6S2. The summed E-state index contributed by atoms with van der Waals surface area (Å²) in [6, 6.07) is 3.91. The Morgan fingerprint density at radius 1 is 1.04 bits per heavy atom. The van der Waals surface area contributed by atoms with Gasteiger partial charge < -0.3 is 9.47 Å². The van der Waals surface area contributed by atoms with Gasteiger partial charge in [-0.1, -0.05) is 0 Å². The van der Waals surface area contributed by atoms with Crippen molar-refractivity contribution in [3.63, 3.8) is 0 Å². The summed E-state index contributed by atoms with van der Waals surface area (Å²) >= 11 is 0. The van der Waals surface area contributed by atoms with Crippen molar-refractivity contribution in [3.05, 3.63) is 30.1 Å². The normalized spacial score (nSPS) is 30.7.